The summed E-state index contributed by atoms with van der Waals surface area (Å²) in [7, 11) is 0. The van der Waals surface area contributed by atoms with Crippen molar-refractivity contribution < 1.29 is 9.47 Å². The van der Waals surface area contributed by atoms with E-state index in [9.17, 15) is 0 Å². The molecule has 0 amide bonds. The van der Waals surface area contributed by atoms with Crippen LogP contribution in [-0.2, 0) is 0 Å². The fourth-order valence-corrected chi connectivity index (χ4v) is 2.92. The first-order chi connectivity index (χ1) is 12.1. The smallest absolute Gasteiger partial charge is 0.145 e. The Hall–Kier alpha value is -2.55. The lowest BCUT2D eigenvalue weighted by Crippen LogP contribution is -2.04. The maximum absolute atomic E-state index is 5.96. The molecule has 0 atom stereocenters. The highest BCUT2D eigenvalue weighted by Gasteiger charge is 2.05. The zero-order valence-electron chi connectivity index (χ0n) is 15.2. The van der Waals surface area contributed by atoms with E-state index in [1.54, 1.807) is 0 Å². The van der Waals surface area contributed by atoms with Crippen molar-refractivity contribution in [3.8, 4) is 11.5 Å². The van der Waals surface area contributed by atoms with Crippen LogP contribution in [0.25, 0.3) is 10.9 Å². The zero-order chi connectivity index (χ0) is 17.6. The first-order valence-corrected chi connectivity index (χ1v) is 8.83. The number of para-hydroxylation sites is 2. The van der Waals surface area contributed by atoms with Gasteiger partial charge in [-0.1, -0.05) is 36.4 Å². The van der Waals surface area contributed by atoms with Gasteiger partial charge >= 0.3 is 0 Å². The third kappa shape index (κ3) is 4.30. The van der Waals surface area contributed by atoms with Crippen molar-refractivity contribution in [2.24, 2.45) is 0 Å². The molecule has 0 saturated heterocycles. The fourth-order valence-electron chi connectivity index (χ4n) is 2.92. The summed E-state index contributed by atoms with van der Waals surface area (Å²) in [5.74, 6) is 1.87. The zero-order valence-corrected chi connectivity index (χ0v) is 15.2. The molecule has 1 aromatic heterocycles. The average Bonchev–Trinajstić information content (AvgIpc) is 2.60. The SMILES string of the molecule is Cc1ccc2cccc(OCCCCOc3c(C)cccc3C)c2n1. The van der Waals surface area contributed by atoms with Gasteiger partial charge in [0, 0.05) is 11.1 Å². The van der Waals surface area contributed by atoms with Crippen molar-refractivity contribution in [1.82, 2.24) is 4.98 Å². The van der Waals surface area contributed by atoms with Crippen molar-refractivity contribution in [3.05, 3.63) is 65.4 Å². The maximum Gasteiger partial charge on any atom is 0.145 e. The number of pyridine rings is 1. The standard InChI is InChI=1S/C22H25NO2/c1-16-8-6-9-17(2)22(16)25-15-5-4-14-24-20-11-7-10-19-13-12-18(3)23-21(19)20/h6-13H,4-5,14-15H2,1-3H3. The van der Waals surface area contributed by atoms with Crippen molar-refractivity contribution in [2.75, 3.05) is 13.2 Å². The molecule has 0 aliphatic carbocycles. The van der Waals surface area contributed by atoms with Crippen molar-refractivity contribution in [2.45, 2.75) is 33.6 Å². The molecule has 0 N–H and O–H groups in total. The third-order valence-electron chi connectivity index (χ3n) is 4.27. The maximum atomic E-state index is 5.96. The van der Waals surface area contributed by atoms with E-state index >= 15 is 0 Å². The Balaban J connectivity index is 1.49. The molecule has 0 fully saturated rings. The predicted octanol–water partition coefficient (Wildman–Crippen LogP) is 5.40. The van der Waals surface area contributed by atoms with Gasteiger partial charge in [0.15, 0.2) is 0 Å². The van der Waals surface area contributed by atoms with E-state index in [0.717, 1.165) is 40.9 Å². The fraction of sp³-hybridized carbons (Fsp3) is 0.318. The highest BCUT2D eigenvalue weighted by Crippen LogP contribution is 2.24. The largest absolute Gasteiger partial charge is 0.493 e. The quantitative estimate of drug-likeness (QED) is 0.542. The minimum atomic E-state index is 0.671. The highest BCUT2D eigenvalue weighted by molar-refractivity contribution is 5.84. The summed E-state index contributed by atoms with van der Waals surface area (Å²) in [4.78, 5) is 4.60. The minimum absolute atomic E-state index is 0.671. The molecule has 2 aromatic carbocycles. The molecule has 3 rings (SSSR count). The van der Waals surface area contributed by atoms with Crippen LogP contribution in [0, 0.1) is 20.8 Å². The molecule has 3 nitrogen and oxygen atoms in total. The van der Waals surface area contributed by atoms with Gasteiger partial charge in [0.05, 0.1) is 13.2 Å². The van der Waals surface area contributed by atoms with Crippen LogP contribution in [0.1, 0.15) is 29.7 Å². The van der Waals surface area contributed by atoms with Crippen LogP contribution in [0.5, 0.6) is 11.5 Å². The van der Waals surface area contributed by atoms with Crippen LogP contribution in [0.2, 0.25) is 0 Å². The van der Waals surface area contributed by atoms with Crippen LogP contribution in [0.3, 0.4) is 0 Å². The lowest BCUT2D eigenvalue weighted by atomic mass is 10.1. The van der Waals surface area contributed by atoms with Crippen LogP contribution >= 0.6 is 0 Å². The summed E-state index contributed by atoms with van der Waals surface area (Å²) in [6.07, 6.45) is 1.91. The molecule has 0 aliphatic rings. The Morgan fingerprint density at radius 2 is 1.44 bits per heavy atom. The summed E-state index contributed by atoms with van der Waals surface area (Å²) in [5.41, 5.74) is 4.32. The average molecular weight is 335 g/mol. The van der Waals surface area contributed by atoms with Crippen LogP contribution in [0.15, 0.2) is 48.5 Å². The molecule has 1 heterocycles. The molecule has 0 aliphatic heterocycles. The van der Waals surface area contributed by atoms with Gasteiger partial charge in [0.25, 0.3) is 0 Å². The monoisotopic (exact) mass is 335 g/mol. The van der Waals surface area contributed by atoms with E-state index in [1.807, 2.05) is 25.1 Å². The first-order valence-electron chi connectivity index (χ1n) is 8.83. The summed E-state index contributed by atoms with van der Waals surface area (Å²) in [6, 6.07) is 16.4. The minimum Gasteiger partial charge on any atom is -0.493 e. The molecule has 3 heteroatoms. The predicted molar refractivity (Wildman–Crippen MR) is 103 cm³/mol. The van der Waals surface area contributed by atoms with Gasteiger partial charge in [0.2, 0.25) is 0 Å². The van der Waals surface area contributed by atoms with E-state index in [0.29, 0.717) is 13.2 Å². The van der Waals surface area contributed by atoms with Gasteiger partial charge < -0.3 is 9.47 Å². The van der Waals surface area contributed by atoms with Gasteiger partial charge in [-0.05, 0) is 56.9 Å². The first kappa shape index (κ1) is 17.3. The highest BCUT2D eigenvalue weighted by atomic mass is 16.5. The molecule has 0 radical (unpaired) electrons. The molecule has 130 valence electrons. The normalized spacial score (nSPS) is 10.8. The second-order valence-corrected chi connectivity index (χ2v) is 6.41. The number of aromatic nitrogens is 1. The third-order valence-corrected chi connectivity index (χ3v) is 4.27. The van der Waals surface area contributed by atoms with E-state index < -0.39 is 0 Å². The summed E-state index contributed by atoms with van der Waals surface area (Å²) in [6.45, 7) is 7.55. The Labute approximate surface area is 149 Å². The molecular formula is C22H25NO2. The summed E-state index contributed by atoms with van der Waals surface area (Å²) >= 11 is 0. The van der Waals surface area contributed by atoms with E-state index in [1.165, 1.54) is 11.1 Å². The van der Waals surface area contributed by atoms with Gasteiger partial charge in [-0.15, -0.1) is 0 Å². The van der Waals surface area contributed by atoms with Crippen LogP contribution < -0.4 is 9.47 Å². The van der Waals surface area contributed by atoms with Crippen LogP contribution in [0.4, 0.5) is 0 Å². The van der Waals surface area contributed by atoms with Crippen molar-refractivity contribution in [1.29, 1.82) is 0 Å². The molecule has 0 bridgehead atoms. The Morgan fingerprint density at radius 1 is 0.760 bits per heavy atom. The summed E-state index contributed by atoms with van der Waals surface area (Å²) in [5, 5.41) is 1.11. The number of hydrogen-bond acceptors (Lipinski definition) is 3. The number of rotatable bonds is 7. The summed E-state index contributed by atoms with van der Waals surface area (Å²) < 4.78 is 11.9. The number of nitrogens with zero attached hydrogens (tertiary/aromatic N) is 1. The van der Waals surface area contributed by atoms with Crippen molar-refractivity contribution in [3.63, 3.8) is 0 Å². The number of aryl methyl sites for hydroxylation is 3. The molecule has 0 spiro atoms. The lowest BCUT2D eigenvalue weighted by Gasteiger charge is -2.12. The molecule has 3 aromatic rings. The van der Waals surface area contributed by atoms with Gasteiger partial charge in [-0.25, -0.2) is 4.98 Å². The molecule has 25 heavy (non-hydrogen) atoms. The molecule has 0 saturated carbocycles. The molecular weight excluding hydrogens is 310 g/mol. The topological polar surface area (TPSA) is 31.4 Å². The number of benzene rings is 2. The van der Waals surface area contributed by atoms with Gasteiger partial charge in [0.1, 0.15) is 17.0 Å². The lowest BCUT2D eigenvalue weighted by molar-refractivity contribution is 0.266. The number of ether oxygens (including phenoxy) is 2. The van der Waals surface area contributed by atoms with E-state index in [2.05, 4.69) is 49.2 Å². The van der Waals surface area contributed by atoms with Crippen LogP contribution in [-0.4, -0.2) is 18.2 Å². The van der Waals surface area contributed by atoms with Gasteiger partial charge in [-0.2, -0.15) is 0 Å². The second kappa shape index (κ2) is 8.02. The Bertz CT molecular complexity index is 838. The second-order valence-electron chi connectivity index (χ2n) is 6.41. The molecule has 0 unspecified atom stereocenters. The van der Waals surface area contributed by atoms with E-state index in [-0.39, 0.29) is 0 Å². The number of fused-ring (bicyclic) bond motifs is 1. The van der Waals surface area contributed by atoms with Crippen molar-refractivity contribution >= 4 is 10.9 Å². The van der Waals surface area contributed by atoms with E-state index in [4.69, 9.17) is 9.47 Å². The number of hydrogen-bond donors (Lipinski definition) is 0. The number of unbranched alkanes of at least 4 members (excludes halogenated alkanes) is 1. The van der Waals surface area contributed by atoms with Gasteiger partial charge in [-0.3, -0.25) is 0 Å². The Morgan fingerprint density at radius 3 is 2.20 bits per heavy atom. The Kier molecular flexibility index (Phi) is 5.54.